The molecule has 1 aliphatic carbocycles. The SMILES string of the molecule is O[C@H]1[C@@H](O)[C@@H](COCc2ccccc2)O[C@@H](O[C@H]2CCCC[C@@H]2O)[C@@H]1O. The molecular weight excluding hydrogens is 340 g/mol. The molecule has 26 heavy (non-hydrogen) atoms. The highest BCUT2D eigenvalue weighted by Crippen LogP contribution is 2.28. The fourth-order valence-electron chi connectivity index (χ4n) is 3.44. The van der Waals surface area contributed by atoms with E-state index in [1.165, 1.54) is 0 Å². The van der Waals surface area contributed by atoms with E-state index in [0.717, 1.165) is 18.4 Å². The van der Waals surface area contributed by atoms with Crippen LogP contribution in [0, 0.1) is 0 Å². The average Bonchev–Trinajstić information content (AvgIpc) is 2.66. The van der Waals surface area contributed by atoms with Crippen molar-refractivity contribution < 1.29 is 34.6 Å². The number of hydrogen-bond acceptors (Lipinski definition) is 7. The Kier molecular flexibility index (Phi) is 6.99. The first kappa shape index (κ1) is 19.7. The fraction of sp³-hybridized carbons (Fsp3) is 0.684. The summed E-state index contributed by atoms with van der Waals surface area (Å²) in [5.41, 5.74) is 0.983. The summed E-state index contributed by atoms with van der Waals surface area (Å²) in [5.74, 6) is 0. The number of hydrogen-bond donors (Lipinski definition) is 4. The van der Waals surface area contributed by atoms with Gasteiger partial charge < -0.3 is 34.6 Å². The van der Waals surface area contributed by atoms with E-state index < -0.39 is 42.9 Å². The van der Waals surface area contributed by atoms with Crippen LogP contribution in [0.25, 0.3) is 0 Å². The van der Waals surface area contributed by atoms with Crippen LogP contribution in [0.15, 0.2) is 30.3 Å². The van der Waals surface area contributed by atoms with Crippen LogP contribution in [-0.4, -0.2) is 69.9 Å². The number of ether oxygens (including phenoxy) is 3. The molecule has 0 unspecified atom stereocenters. The molecule has 7 nitrogen and oxygen atoms in total. The lowest BCUT2D eigenvalue weighted by Gasteiger charge is -2.42. The molecule has 146 valence electrons. The summed E-state index contributed by atoms with van der Waals surface area (Å²) in [6.07, 6.45) is -3.90. The van der Waals surface area contributed by atoms with E-state index in [4.69, 9.17) is 14.2 Å². The third kappa shape index (κ3) is 4.80. The lowest BCUT2D eigenvalue weighted by molar-refractivity contribution is -0.320. The lowest BCUT2D eigenvalue weighted by atomic mass is 9.94. The molecule has 4 N–H and O–H groups in total. The summed E-state index contributed by atoms with van der Waals surface area (Å²) in [7, 11) is 0. The molecule has 0 radical (unpaired) electrons. The van der Waals surface area contributed by atoms with E-state index >= 15 is 0 Å². The topological polar surface area (TPSA) is 109 Å². The monoisotopic (exact) mass is 368 g/mol. The first-order valence-electron chi connectivity index (χ1n) is 9.21. The van der Waals surface area contributed by atoms with Crippen LogP contribution in [0.2, 0.25) is 0 Å². The smallest absolute Gasteiger partial charge is 0.187 e. The highest BCUT2D eigenvalue weighted by molar-refractivity contribution is 5.13. The molecule has 1 heterocycles. The molecule has 7 heteroatoms. The zero-order valence-electron chi connectivity index (χ0n) is 14.7. The summed E-state index contributed by atoms with van der Waals surface area (Å²) in [6, 6.07) is 9.57. The Morgan fingerprint density at radius 2 is 1.65 bits per heavy atom. The second kappa shape index (κ2) is 9.23. The van der Waals surface area contributed by atoms with Crippen LogP contribution < -0.4 is 0 Å². The minimum Gasteiger partial charge on any atom is -0.390 e. The van der Waals surface area contributed by atoms with Crippen LogP contribution in [-0.2, 0) is 20.8 Å². The number of benzene rings is 1. The summed E-state index contributed by atoms with van der Waals surface area (Å²) in [4.78, 5) is 0. The predicted molar refractivity (Wildman–Crippen MR) is 92.1 cm³/mol. The van der Waals surface area contributed by atoms with Gasteiger partial charge in [0.2, 0.25) is 0 Å². The van der Waals surface area contributed by atoms with Crippen LogP contribution in [0.4, 0.5) is 0 Å². The largest absolute Gasteiger partial charge is 0.390 e. The molecule has 3 rings (SSSR count). The number of aliphatic hydroxyl groups excluding tert-OH is 4. The lowest BCUT2D eigenvalue weighted by Crippen LogP contribution is -2.60. The van der Waals surface area contributed by atoms with Crippen LogP contribution in [0.1, 0.15) is 31.2 Å². The van der Waals surface area contributed by atoms with Crippen molar-refractivity contribution in [3.63, 3.8) is 0 Å². The third-order valence-electron chi connectivity index (χ3n) is 5.04. The second-order valence-corrected chi connectivity index (χ2v) is 7.04. The van der Waals surface area contributed by atoms with Gasteiger partial charge in [-0.3, -0.25) is 0 Å². The first-order chi connectivity index (χ1) is 12.6. The van der Waals surface area contributed by atoms with Crippen molar-refractivity contribution in [1.82, 2.24) is 0 Å². The van der Waals surface area contributed by atoms with Crippen molar-refractivity contribution >= 4 is 0 Å². The maximum Gasteiger partial charge on any atom is 0.187 e. The molecule has 1 saturated carbocycles. The molecule has 1 aromatic carbocycles. The van der Waals surface area contributed by atoms with Gasteiger partial charge in [-0.15, -0.1) is 0 Å². The van der Waals surface area contributed by atoms with Crippen LogP contribution >= 0.6 is 0 Å². The average molecular weight is 368 g/mol. The number of aliphatic hydroxyl groups is 4. The Morgan fingerprint density at radius 3 is 2.38 bits per heavy atom. The Morgan fingerprint density at radius 1 is 0.923 bits per heavy atom. The first-order valence-corrected chi connectivity index (χ1v) is 9.21. The molecule has 2 aliphatic rings. The summed E-state index contributed by atoms with van der Waals surface area (Å²) < 4.78 is 17.0. The maximum atomic E-state index is 10.2. The standard InChI is InChI=1S/C19H28O7/c20-13-8-4-5-9-14(13)25-19-18(23)17(22)16(21)15(26-19)11-24-10-12-6-2-1-3-7-12/h1-3,6-7,13-23H,4-5,8-11H2/t13-,14-,15+,16-,17-,18+,19+/m0/s1. The molecule has 1 saturated heterocycles. The Hall–Kier alpha value is -1.06. The van der Waals surface area contributed by atoms with Gasteiger partial charge in [-0.2, -0.15) is 0 Å². The minimum absolute atomic E-state index is 0.0485. The van der Waals surface area contributed by atoms with Gasteiger partial charge in [-0.1, -0.05) is 43.2 Å². The van der Waals surface area contributed by atoms with Gasteiger partial charge in [0.05, 0.1) is 25.4 Å². The van der Waals surface area contributed by atoms with Gasteiger partial charge in [0.15, 0.2) is 6.29 Å². The zero-order chi connectivity index (χ0) is 18.5. The van der Waals surface area contributed by atoms with E-state index in [2.05, 4.69) is 0 Å². The summed E-state index contributed by atoms with van der Waals surface area (Å²) in [5, 5.41) is 40.5. The van der Waals surface area contributed by atoms with Gasteiger partial charge in [-0.25, -0.2) is 0 Å². The molecule has 7 atom stereocenters. The van der Waals surface area contributed by atoms with Crippen molar-refractivity contribution in [2.45, 2.75) is 75.2 Å². The van der Waals surface area contributed by atoms with Crippen LogP contribution in [0.3, 0.4) is 0 Å². The van der Waals surface area contributed by atoms with E-state index in [9.17, 15) is 20.4 Å². The third-order valence-corrected chi connectivity index (χ3v) is 5.04. The second-order valence-electron chi connectivity index (χ2n) is 7.04. The van der Waals surface area contributed by atoms with Gasteiger partial charge in [-0.05, 0) is 18.4 Å². The molecule has 2 fully saturated rings. The molecule has 1 aliphatic heterocycles. The molecule has 0 spiro atoms. The quantitative estimate of drug-likeness (QED) is 0.573. The van der Waals surface area contributed by atoms with Crippen molar-refractivity contribution in [3.05, 3.63) is 35.9 Å². The highest BCUT2D eigenvalue weighted by Gasteiger charge is 2.45. The summed E-state index contributed by atoms with van der Waals surface area (Å²) in [6.45, 7) is 0.395. The molecule has 1 aromatic rings. The van der Waals surface area contributed by atoms with E-state index in [1.54, 1.807) is 0 Å². The van der Waals surface area contributed by atoms with Crippen LogP contribution in [0.5, 0.6) is 0 Å². The van der Waals surface area contributed by atoms with Gasteiger partial charge in [0.25, 0.3) is 0 Å². The zero-order valence-corrected chi connectivity index (χ0v) is 14.7. The Bertz CT molecular complexity index is 540. The minimum atomic E-state index is -1.40. The van der Waals surface area contributed by atoms with E-state index in [1.807, 2.05) is 30.3 Å². The van der Waals surface area contributed by atoms with Gasteiger partial charge in [0.1, 0.15) is 24.4 Å². The summed E-state index contributed by atoms with van der Waals surface area (Å²) >= 11 is 0. The molecule has 0 bridgehead atoms. The van der Waals surface area contributed by atoms with Gasteiger partial charge in [0, 0.05) is 0 Å². The fourth-order valence-corrected chi connectivity index (χ4v) is 3.44. The van der Waals surface area contributed by atoms with E-state index in [0.29, 0.717) is 19.4 Å². The Balaban J connectivity index is 1.55. The Labute approximate surface area is 153 Å². The van der Waals surface area contributed by atoms with Crippen molar-refractivity contribution in [2.24, 2.45) is 0 Å². The molecule has 0 aromatic heterocycles. The van der Waals surface area contributed by atoms with Crippen molar-refractivity contribution in [1.29, 1.82) is 0 Å². The number of rotatable bonds is 6. The van der Waals surface area contributed by atoms with E-state index in [-0.39, 0.29) is 6.61 Å². The highest BCUT2D eigenvalue weighted by atomic mass is 16.7. The van der Waals surface area contributed by atoms with Crippen molar-refractivity contribution in [3.8, 4) is 0 Å². The maximum absolute atomic E-state index is 10.2. The van der Waals surface area contributed by atoms with Gasteiger partial charge >= 0.3 is 0 Å². The molecular formula is C19H28O7. The normalized spacial score (nSPS) is 38.2. The van der Waals surface area contributed by atoms with Crippen molar-refractivity contribution in [2.75, 3.05) is 6.61 Å². The molecule has 0 amide bonds. The predicted octanol–water partition coefficient (Wildman–Crippen LogP) is 0.331.